The van der Waals surface area contributed by atoms with E-state index in [-0.39, 0.29) is 5.76 Å². The number of nitrogens with one attached hydrogen (secondary N) is 1. The molecule has 106 valence electrons. The Bertz CT molecular complexity index is 676. The van der Waals surface area contributed by atoms with Crippen molar-refractivity contribution in [1.82, 2.24) is 9.97 Å². The summed E-state index contributed by atoms with van der Waals surface area (Å²) in [5, 5.41) is 9.49. The Morgan fingerprint density at radius 2 is 2.15 bits per heavy atom. The molecule has 3 rings (SSSR count). The third-order valence-electron chi connectivity index (χ3n) is 4.50. The van der Waals surface area contributed by atoms with Crippen LogP contribution in [0, 0.1) is 11.3 Å². The van der Waals surface area contributed by atoms with Crippen molar-refractivity contribution < 1.29 is 5.11 Å². The van der Waals surface area contributed by atoms with Crippen molar-refractivity contribution in [2.75, 3.05) is 0 Å². The molecule has 0 fully saturated rings. The second-order valence-electron chi connectivity index (χ2n) is 6.96. The van der Waals surface area contributed by atoms with Gasteiger partial charge in [-0.3, -0.25) is 4.98 Å². The van der Waals surface area contributed by atoms with Crippen LogP contribution in [0.25, 0.3) is 16.8 Å². The first kappa shape index (κ1) is 13.2. The molecule has 0 spiro atoms. The molecule has 2 N–H and O–H groups in total. The molecule has 0 saturated carbocycles. The number of fused-ring (bicyclic) bond motifs is 2. The van der Waals surface area contributed by atoms with Crippen molar-refractivity contribution in [2.24, 2.45) is 11.3 Å². The molecule has 3 nitrogen and oxygen atoms in total. The van der Waals surface area contributed by atoms with E-state index >= 15 is 0 Å². The van der Waals surface area contributed by atoms with Crippen LogP contribution in [-0.4, -0.2) is 15.1 Å². The standard InChI is InChI=1S/C17H22N2O/c1-10(20)14-9-16-15(19-14)8-11-7-12(17(2,3)4)5-6-13(11)18-16/h8-9,12,19-20H,1,5-7H2,2-4H3. The highest BCUT2D eigenvalue weighted by Gasteiger charge is 2.29. The normalized spacial score (nSPS) is 19.1. The molecule has 3 heteroatoms. The molecule has 0 amide bonds. The number of aliphatic hydroxyl groups excluding tert-OH is 1. The first-order valence-electron chi connectivity index (χ1n) is 7.24. The Labute approximate surface area is 119 Å². The van der Waals surface area contributed by atoms with Gasteiger partial charge in [-0.25, -0.2) is 0 Å². The number of hydrogen-bond donors (Lipinski definition) is 2. The summed E-state index contributed by atoms with van der Waals surface area (Å²) in [5.41, 5.74) is 5.47. The van der Waals surface area contributed by atoms with Gasteiger partial charge in [-0.15, -0.1) is 0 Å². The van der Waals surface area contributed by atoms with E-state index in [4.69, 9.17) is 4.98 Å². The van der Waals surface area contributed by atoms with Crippen molar-refractivity contribution in [2.45, 2.75) is 40.0 Å². The molecule has 1 aliphatic carbocycles. The first-order valence-corrected chi connectivity index (χ1v) is 7.24. The Morgan fingerprint density at radius 1 is 1.40 bits per heavy atom. The summed E-state index contributed by atoms with van der Waals surface area (Å²) in [4.78, 5) is 7.94. The SMILES string of the molecule is C=C(O)c1cc2nc3c(cc2[nH]1)CC(C(C)(C)C)CC3. The summed E-state index contributed by atoms with van der Waals surface area (Å²) in [6, 6.07) is 4.07. The lowest BCUT2D eigenvalue weighted by molar-refractivity contribution is 0.215. The van der Waals surface area contributed by atoms with Gasteiger partial charge in [0.25, 0.3) is 0 Å². The predicted molar refractivity (Wildman–Crippen MR) is 82.7 cm³/mol. The number of nitrogens with zero attached hydrogens (tertiary/aromatic N) is 1. The molecule has 0 bridgehead atoms. The highest BCUT2D eigenvalue weighted by Crippen LogP contribution is 2.37. The van der Waals surface area contributed by atoms with Crippen LogP contribution in [0.15, 0.2) is 18.7 Å². The van der Waals surface area contributed by atoms with Crippen molar-refractivity contribution in [3.8, 4) is 0 Å². The summed E-state index contributed by atoms with van der Waals surface area (Å²) in [6.07, 6.45) is 3.35. The molecule has 2 aromatic heterocycles. The van der Waals surface area contributed by atoms with E-state index in [0.717, 1.165) is 23.9 Å². The van der Waals surface area contributed by atoms with Gasteiger partial charge < -0.3 is 10.1 Å². The second-order valence-corrected chi connectivity index (χ2v) is 6.96. The topological polar surface area (TPSA) is 48.9 Å². The summed E-state index contributed by atoms with van der Waals surface area (Å²) >= 11 is 0. The van der Waals surface area contributed by atoms with Gasteiger partial charge in [0.15, 0.2) is 0 Å². The Balaban J connectivity index is 2.02. The number of hydrogen-bond acceptors (Lipinski definition) is 2. The van der Waals surface area contributed by atoms with Crippen LogP contribution in [0.3, 0.4) is 0 Å². The third-order valence-corrected chi connectivity index (χ3v) is 4.50. The molecule has 0 saturated heterocycles. The molecule has 0 aromatic carbocycles. The second kappa shape index (κ2) is 4.37. The first-order chi connectivity index (χ1) is 9.34. The van der Waals surface area contributed by atoms with Crippen LogP contribution < -0.4 is 0 Å². The van der Waals surface area contributed by atoms with Gasteiger partial charge >= 0.3 is 0 Å². The van der Waals surface area contributed by atoms with Gasteiger partial charge in [0, 0.05) is 5.69 Å². The zero-order valence-corrected chi connectivity index (χ0v) is 12.5. The summed E-state index contributed by atoms with van der Waals surface area (Å²) < 4.78 is 0. The summed E-state index contributed by atoms with van der Waals surface area (Å²) in [5.74, 6) is 0.769. The highest BCUT2D eigenvalue weighted by atomic mass is 16.3. The van der Waals surface area contributed by atoms with Crippen LogP contribution in [-0.2, 0) is 12.8 Å². The zero-order valence-electron chi connectivity index (χ0n) is 12.5. The summed E-state index contributed by atoms with van der Waals surface area (Å²) in [6.45, 7) is 10.5. The monoisotopic (exact) mass is 270 g/mol. The Kier molecular flexibility index (Phi) is 2.89. The van der Waals surface area contributed by atoms with E-state index in [1.165, 1.54) is 17.7 Å². The minimum absolute atomic E-state index is 0.0635. The third kappa shape index (κ3) is 2.21. The smallest absolute Gasteiger partial charge is 0.131 e. The van der Waals surface area contributed by atoms with Crippen LogP contribution in [0.4, 0.5) is 0 Å². The molecule has 2 aromatic rings. The molecule has 0 aliphatic heterocycles. The van der Waals surface area contributed by atoms with Gasteiger partial charge in [-0.05, 0) is 48.3 Å². The molecular formula is C17H22N2O. The van der Waals surface area contributed by atoms with Gasteiger partial charge in [-0.2, -0.15) is 0 Å². The number of H-pyrrole nitrogens is 1. The number of aryl methyl sites for hydroxylation is 1. The van der Waals surface area contributed by atoms with E-state index < -0.39 is 0 Å². The molecule has 0 radical (unpaired) electrons. The Morgan fingerprint density at radius 3 is 2.80 bits per heavy atom. The largest absolute Gasteiger partial charge is 0.506 e. The summed E-state index contributed by atoms with van der Waals surface area (Å²) in [7, 11) is 0. The van der Waals surface area contributed by atoms with Crippen LogP contribution in [0.1, 0.15) is 44.1 Å². The number of rotatable bonds is 1. The van der Waals surface area contributed by atoms with E-state index in [9.17, 15) is 5.11 Å². The maximum absolute atomic E-state index is 9.49. The average molecular weight is 270 g/mol. The maximum atomic E-state index is 9.49. The predicted octanol–water partition coefficient (Wildman–Crippen LogP) is 4.24. The molecule has 1 atom stereocenters. The lowest BCUT2D eigenvalue weighted by Crippen LogP contribution is -2.27. The van der Waals surface area contributed by atoms with Crippen LogP contribution in [0.5, 0.6) is 0 Å². The van der Waals surface area contributed by atoms with E-state index in [2.05, 4.69) is 38.4 Å². The van der Waals surface area contributed by atoms with Crippen molar-refractivity contribution in [3.05, 3.63) is 35.7 Å². The molecule has 1 aliphatic rings. The minimum Gasteiger partial charge on any atom is -0.506 e. The lowest BCUT2D eigenvalue weighted by Gasteiger charge is -2.34. The van der Waals surface area contributed by atoms with Crippen molar-refractivity contribution in [1.29, 1.82) is 0 Å². The van der Waals surface area contributed by atoms with Gasteiger partial charge in [0.05, 0.1) is 16.7 Å². The van der Waals surface area contributed by atoms with E-state index in [1.54, 1.807) is 0 Å². The highest BCUT2D eigenvalue weighted by molar-refractivity contribution is 5.80. The Hall–Kier alpha value is -1.77. The average Bonchev–Trinajstić information content (AvgIpc) is 2.77. The number of aromatic nitrogens is 2. The fourth-order valence-electron chi connectivity index (χ4n) is 3.10. The van der Waals surface area contributed by atoms with Crippen molar-refractivity contribution in [3.63, 3.8) is 0 Å². The van der Waals surface area contributed by atoms with Crippen LogP contribution in [0.2, 0.25) is 0 Å². The fraction of sp³-hybridized carbons (Fsp3) is 0.471. The van der Waals surface area contributed by atoms with Gasteiger partial charge in [0.2, 0.25) is 0 Å². The van der Waals surface area contributed by atoms with Crippen LogP contribution >= 0.6 is 0 Å². The fourth-order valence-corrected chi connectivity index (χ4v) is 3.10. The molecule has 1 unspecified atom stereocenters. The van der Waals surface area contributed by atoms with Gasteiger partial charge in [0.1, 0.15) is 5.76 Å². The van der Waals surface area contributed by atoms with Gasteiger partial charge in [-0.1, -0.05) is 27.4 Å². The van der Waals surface area contributed by atoms with Crippen molar-refractivity contribution >= 4 is 16.8 Å². The lowest BCUT2D eigenvalue weighted by atomic mass is 9.71. The van der Waals surface area contributed by atoms with E-state index in [0.29, 0.717) is 17.0 Å². The van der Waals surface area contributed by atoms with E-state index in [1.807, 2.05) is 6.07 Å². The quantitative estimate of drug-likeness (QED) is 0.761. The maximum Gasteiger partial charge on any atom is 0.131 e. The number of pyridine rings is 1. The number of aromatic amines is 1. The zero-order chi connectivity index (χ0) is 14.5. The molecule has 2 heterocycles. The molecule has 20 heavy (non-hydrogen) atoms. The minimum atomic E-state index is 0.0635. The molecular weight excluding hydrogens is 248 g/mol. The number of aliphatic hydroxyl groups is 1.